The molecule has 0 saturated carbocycles. The molecule has 1 aromatic carbocycles. The molecular formula is C20H24N2O3S2. The molecule has 1 saturated heterocycles. The van der Waals surface area contributed by atoms with Crippen molar-refractivity contribution in [2.24, 2.45) is 5.92 Å². The lowest BCUT2D eigenvalue weighted by Gasteiger charge is -2.33. The fourth-order valence-corrected chi connectivity index (χ4v) is 6.46. The fraction of sp³-hybridized carbons (Fsp3) is 0.450. The van der Waals surface area contributed by atoms with Gasteiger partial charge in [0.05, 0.1) is 9.77 Å². The Morgan fingerprint density at radius 1 is 1.11 bits per heavy atom. The number of carbonyl (C=O) groups excluding carboxylic acids is 1. The highest BCUT2D eigenvalue weighted by Crippen LogP contribution is 2.33. The number of thiophene rings is 1. The van der Waals surface area contributed by atoms with Crippen LogP contribution in [0.3, 0.4) is 0 Å². The van der Waals surface area contributed by atoms with Gasteiger partial charge >= 0.3 is 0 Å². The van der Waals surface area contributed by atoms with Crippen LogP contribution in [0.2, 0.25) is 0 Å². The Bertz CT molecular complexity index is 929. The molecule has 1 aliphatic carbocycles. The predicted molar refractivity (Wildman–Crippen MR) is 107 cm³/mol. The first kappa shape index (κ1) is 18.7. The summed E-state index contributed by atoms with van der Waals surface area (Å²) in [6.07, 6.45) is 3.32. The van der Waals surface area contributed by atoms with Crippen molar-refractivity contribution in [1.29, 1.82) is 0 Å². The van der Waals surface area contributed by atoms with Gasteiger partial charge in [-0.1, -0.05) is 25.1 Å². The molecule has 2 heterocycles. The number of carbonyl (C=O) groups is 1. The van der Waals surface area contributed by atoms with Crippen LogP contribution in [0.15, 0.2) is 41.3 Å². The number of hydrogen-bond donors (Lipinski definition) is 0. The second-order valence-corrected chi connectivity index (χ2v) is 10.5. The van der Waals surface area contributed by atoms with E-state index in [4.69, 9.17) is 0 Å². The number of rotatable bonds is 3. The van der Waals surface area contributed by atoms with E-state index in [0.717, 1.165) is 17.7 Å². The maximum atomic E-state index is 12.9. The number of sulfonamides is 1. The first-order valence-corrected chi connectivity index (χ1v) is 11.7. The van der Waals surface area contributed by atoms with E-state index in [1.54, 1.807) is 46.6 Å². The van der Waals surface area contributed by atoms with Crippen molar-refractivity contribution in [1.82, 2.24) is 9.21 Å². The summed E-state index contributed by atoms with van der Waals surface area (Å²) in [5.41, 5.74) is 1.33. The van der Waals surface area contributed by atoms with E-state index >= 15 is 0 Å². The Kier molecular flexibility index (Phi) is 5.09. The summed E-state index contributed by atoms with van der Waals surface area (Å²) in [6, 6.07) is 10.5. The second-order valence-electron chi connectivity index (χ2n) is 7.42. The van der Waals surface area contributed by atoms with E-state index in [1.165, 1.54) is 21.2 Å². The lowest BCUT2D eigenvalue weighted by Crippen LogP contribution is -2.50. The molecule has 144 valence electrons. The summed E-state index contributed by atoms with van der Waals surface area (Å²) in [7, 11) is -3.49. The van der Waals surface area contributed by atoms with E-state index in [9.17, 15) is 13.2 Å². The third-order valence-electron chi connectivity index (χ3n) is 5.45. The summed E-state index contributed by atoms with van der Waals surface area (Å²) in [5, 5.41) is 0. The van der Waals surface area contributed by atoms with Crippen LogP contribution in [0.4, 0.5) is 0 Å². The zero-order valence-electron chi connectivity index (χ0n) is 15.4. The summed E-state index contributed by atoms with van der Waals surface area (Å²) in [4.78, 5) is 17.1. The van der Waals surface area contributed by atoms with Crippen molar-refractivity contribution in [3.63, 3.8) is 0 Å². The van der Waals surface area contributed by atoms with Gasteiger partial charge in [0, 0.05) is 31.1 Å². The number of piperazine rings is 1. The zero-order valence-corrected chi connectivity index (χ0v) is 17.1. The van der Waals surface area contributed by atoms with Crippen molar-refractivity contribution in [3.05, 3.63) is 51.7 Å². The highest BCUT2D eigenvalue weighted by Gasteiger charge is 2.31. The Balaban J connectivity index is 1.43. The van der Waals surface area contributed by atoms with E-state index in [2.05, 4.69) is 13.0 Å². The van der Waals surface area contributed by atoms with Crippen LogP contribution < -0.4 is 0 Å². The second kappa shape index (κ2) is 7.37. The topological polar surface area (TPSA) is 57.7 Å². The van der Waals surface area contributed by atoms with E-state index in [0.29, 0.717) is 37.0 Å². The molecule has 1 amide bonds. The van der Waals surface area contributed by atoms with Gasteiger partial charge in [0.2, 0.25) is 10.0 Å². The van der Waals surface area contributed by atoms with Crippen molar-refractivity contribution in [2.75, 3.05) is 26.2 Å². The molecule has 1 aromatic heterocycles. The van der Waals surface area contributed by atoms with Gasteiger partial charge in [0.1, 0.15) is 0 Å². The van der Waals surface area contributed by atoms with E-state index in [1.807, 2.05) is 0 Å². The molecule has 0 spiro atoms. The minimum atomic E-state index is -3.49. The van der Waals surface area contributed by atoms with Crippen molar-refractivity contribution < 1.29 is 13.2 Å². The zero-order chi connectivity index (χ0) is 19.0. The van der Waals surface area contributed by atoms with Crippen LogP contribution >= 0.6 is 11.3 Å². The Morgan fingerprint density at radius 2 is 1.81 bits per heavy atom. The molecule has 0 bridgehead atoms. The summed E-state index contributed by atoms with van der Waals surface area (Å²) >= 11 is 1.62. The van der Waals surface area contributed by atoms with Gasteiger partial charge in [-0.3, -0.25) is 4.79 Å². The summed E-state index contributed by atoms with van der Waals surface area (Å²) in [5.74, 6) is 0.723. The molecule has 5 nitrogen and oxygen atoms in total. The normalized spacial score (nSPS) is 21.1. The number of aryl methyl sites for hydroxylation is 1. The molecule has 7 heteroatoms. The lowest BCUT2D eigenvalue weighted by molar-refractivity contribution is 0.0702. The minimum absolute atomic E-state index is 0.0406. The monoisotopic (exact) mass is 404 g/mol. The predicted octanol–water partition coefficient (Wildman–Crippen LogP) is 3.02. The van der Waals surface area contributed by atoms with Crippen molar-refractivity contribution in [3.8, 4) is 0 Å². The fourth-order valence-electron chi connectivity index (χ4n) is 3.84. The van der Waals surface area contributed by atoms with E-state index in [-0.39, 0.29) is 5.91 Å². The van der Waals surface area contributed by atoms with Crippen LogP contribution in [-0.4, -0.2) is 49.7 Å². The minimum Gasteiger partial charge on any atom is -0.335 e. The highest BCUT2D eigenvalue weighted by atomic mass is 32.2. The summed E-state index contributed by atoms with van der Waals surface area (Å²) in [6.45, 7) is 3.80. The Hall–Kier alpha value is -1.70. The third-order valence-corrected chi connectivity index (χ3v) is 8.58. The molecule has 1 fully saturated rings. The van der Waals surface area contributed by atoms with Gasteiger partial charge in [-0.15, -0.1) is 11.3 Å². The van der Waals surface area contributed by atoms with Crippen LogP contribution in [0.5, 0.6) is 0 Å². The standard InChI is InChI=1S/C20H24N2O3S2/c1-15-7-8-18-16(13-15)14-19(26-18)20(23)21-9-11-22(12-10-21)27(24,25)17-5-3-2-4-6-17/h2-6,14-15H,7-13H2,1H3/t15-/m1/s1. The number of amides is 1. The SMILES string of the molecule is C[C@@H]1CCc2sc(C(=O)N3CCN(S(=O)(=O)c4ccccc4)CC3)cc2C1. The van der Waals surface area contributed by atoms with Crippen LogP contribution in [-0.2, 0) is 22.9 Å². The molecule has 1 aliphatic heterocycles. The van der Waals surface area contributed by atoms with Crippen LogP contribution in [0.1, 0.15) is 33.5 Å². The maximum Gasteiger partial charge on any atom is 0.264 e. The molecule has 1 atom stereocenters. The molecule has 0 radical (unpaired) electrons. The van der Waals surface area contributed by atoms with Crippen molar-refractivity contribution >= 4 is 27.3 Å². The number of benzene rings is 1. The van der Waals surface area contributed by atoms with Crippen LogP contribution in [0, 0.1) is 5.92 Å². The highest BCUT2D eigenvalue weighted by molar-refractivity contribution is 7.89. The van der Waals surface area contributed by atoms with Gasteiger partial charge in [-0.05, 0) is 48.9 Å². The molecule has 0 unspecified atom stereocenters. The third kappa shape index (κ3) is 3.68. The number of nitrogens with zero attached hydrogens (tertiary/aromatic N) is 2. The average Bonchev–Trinajstić information content (AvgIpc) is 3.11. The Morgan fingerprint density at radius 3 is 2.52 bits per heavy atom. The first-order chi connectivity index (χ1) is 12.9. The van der Waals surface area contributed by atoms with E-state index < -0.39 is 10.0 Å². The molecule has 2 aromatic rings. The van der Waals surface area contributed by atoms with Gasteiger partial charge in [-0.2, -0.15) is 4.31 Å². The molecule has 2 aliphatic rings. The summed E-state index contributed by atoms with van der Waals surface area (Å²) < 4.78 is 26.9. The van der Waals surface area contributed by atoms with Gasteiger partial charge in [0.25, 0.3) is 5.91 Å². The maximum absolute atomic E-state index is 12.9. The Labute approximate surface area is 164 Å². The van der Waals surface area contributed by atoms with Gasteiger partial charge in [-0.25, -0.2) is 8.42 Å². The largest absolute Gasteiger partial charge is 0.335 e. The lowest BCUT2D eigenvalue weighted by atomic mass is 9.90. The average molecular weight is 405 g/mol. The van der Waals surface area contributed by atoms with Gasteiger partial charge < -0.3 is 4.90 Å². The number of fused-ring (bicyclic) bond motifs is 1. The molecular weight excluding hydrogens is 380 g/mol. The van der Waals surface area contributed by atoms with Gasteiger partial charge in [0.15, 0.2) is 0 Å². The molecule has 4 rings (SSSR count). The number of hydrogen-bond acceptors (Lipinski definition) is 4. The molecule has 27 heavy (non-hydrogen) atoms. The first-order valence-electron chi connectivity index (χ1n) is 9.41. The molecule has 0 N–H and O–H groups in total. The quantitative estimate of drug-likeness (QED) is 0.790. The van der Waals surface area contributed by atoms with Crippen molar-refractivity contribution in [2.45, 2.75) is 31.1 Å². The van der Waals surface area contributed by atoms with Crippen LogP contribution in [0.25, 0.3) is 0 Å². The smallest absolute Gasteiger partial charge is 0.264 e.